The average molecular weight is 236 g/mol. The fourth-order valence-electron chi connectivity index (χ4n) is 1.00. The van der Waals surface area contributed by atoms with Gasteiger partial charge in [0.25, 0.3) is 5.24 Å². The number of rotatable bonds is 2. The van der Waals surface area contributed by atoms with Crippen molar-refractivity contribution in [2.45, 2.75) is 4.34 Å². The number of hydrogen-bond acceptors (Lipinski definition) is 4. The highest BCUT2D eigenvalue weighted by Crippen LogP contribution is 2.22. The van der Waals surface area contributed by atoms with Crippen LogP contribution in [0.4, 0.5) is 10.5 Å². The number of aromatic nitrogens is 1. The summed E-state index contributed by atoms with van der Waals surface area (Å²) < 4.78 is 0.753. The van der Waals surface area contributed by atoms with Crippen LogP contribution in [0.2, 0.25) is 0 Å². The van der Waals surface area contributed by atoms with Crippen LogP contribution in [-0.4, -0.2) is 10.2 Å². The number of thiazole rings is 1. The number of hydrogen-bond donors (Lipinski definition) is 1. The molecule has 1 aromatic heterocycles. The highest BCUT2D eigenvalue weighted by Gasteiger charge is 2.06. The highest BCUT2D eigenvalue weighted by molar-refractivity contribution is 8.15. The molecule has 1 N–H and O–H groups in total. The van der Waals surface area contributed by atoms with E-state index in [9.17, 15) is 4.79 Å². The molecule has 2 aromatic rings. The van der Waals surface area contributed by atoms with Crippen molar-refractivity contribution in [2.75, 3.05) is 5.32 Å². The SMILES string of the molecule is O=C(Nc1ccccc1)Sc1nccs1. The lowest BCUT2D eigenvalue weighted by Gasteiger charge is -2.01. The summed E-state index contributed by atoms with van der Waals surface area (Å²) in [6.07, 6.45) is 1.68. The molecule has 3 nitrogen and oxygen atoms in total. The van der Waals surface area contributed by atoms with Crippen molar-refractivity contribution in [3.05, 3.63) is 41.9 Å². The molecule has 0 atom stereocenters. The van der Waals surface area contributed by atoms with Crippen molar-refractivity contribution >= 4 is 34.0 Å². The van der Waals surface area contributed by atoms with E-state index in [0.29, 0.717) is 0 Å². The second kappa shape index (κ2) is 4.95. The Kier molecular flexibility index (Phi) is 3.37. The maximum Gasteiger partial charge on any atom is 0.290 e. The number of amides is 1. The molecule has 76 valence electrons. The van der Waals surface area contributed by atoms with Gasteiger partial charge in [-0.25, -0.2) is 4.98 Å². The first kappa shape index (κ1) is 10.2. The van der Waals surface area contributed by atoms with Gasteiger partial charge >= 0.3 is 0 Å². The van der Waals surface area contributed by atoms with Gasteiger partial charge in [0.05, 0.1) is 0 Å². The van der Waals surface area contributed by atoms with Crippen molar-refractivity contribution in [3.8, 4) is 0 Å². The molecular weight excluding hydrogens is 228 g/mol. The van der Waals surface area contributed by atoms with Gasteiger partial charge in [-0.05, 0) is 12.1 Å². The molecule has 0 aliphatic carbocycles. The van der Waals surface area contributed by atoms with E-state index in [4.69, 9.17) is 0 Å². The molecule has 1 aromatic carbocycles. The Morgan fingerprint density at radius 2 is 2.13 bits per heavy atom. The van der Waals surface area contributed by atoms with E-state index >= 15 is 0 Å². The number of anilines is 1. The number of carbonyl (C=O) groups is 1. The third kappa shape index (κ3) is 3.07. The molecule has 0 saturated carbocycles. The van der Waals surface area contributed by atoms with Crippen LogP contribution in [0.25, 0.3) is 0 Å². The summed E-state index contributed by atoms with van der Waals surface area (Å²) in [4.78, 5) is 15.5. The van der Waals surface area contributed by atoms with E-state index in [-0.39, 0.29) is 5.24 Å². The third-order valence-corrected chi connectivity index (χ3v) is 3.28. The summed E-state index contributed by atoms with van der Waals surface area (Å²) in [5.41, 5.74) is 0.798. The van der Waals surface area contributed by atoms with Crippen LogP contribution < -0.4 is 5.32 Å². The molecule has 15 heavy (non-hydrogen) atoms. The second-order valence-electron chi connectivity index (χ2n) is 2.68. The van der Waals surface area contributed by atoms with Crippen LogP contribution in [0.3, 0.4) is 0 Å². The maximum absolute atomic E-state index is 11.5. The van der Waals surface area contributed by atoms with Gasteiger partial charge in [-0.15, -0.1) is 11.3 Å². The fraction of sp³-hybridized carbons (Fsp3) is 0. The third-order valence-electron chi connectivity index (χ3n) is 1.61. The van der Waals surface area contributed by atoms with Crippen LogP contribution in [-0.2, 0) is 0 Å². The van der Waals surface area contributed by atoms with Gasteiger partial charge in [0.1, 0.15) is 0 Å². The van der Waals surface area contributed by atoms with Gasteiger partial charge < -0.3 is 5.32 Å². The molecule has 0 spiro atoms. The zero-order valence-electron chi connectivity index (χ0n) is 7.71. The lowest BCUT2D eigenvalue weighted by atomic mass is 10.3. The van der Waals surface area contributed by atoms with Crippen molar-refractivity contribution < 1.29 is 4.79 Å². The Balaban J connectivity index is 1.94. The van der Waals surface area contributed by atoms with E-state index in [0.717, 1.165) is 21.8 Å². The Morgan fingerprint density at radius 3 is 2.80 bits per heavy atom. The van der Waals surface area contributed by atoms with Gasteiger partial charge in [0, 0.05) is 29.0 Å². The minimum absolute atomic E-state index is 0.115. The van der Waals surface area contributed by atoms with E-state index in [2.05, 4.69) is 10.3 Å². The zero-order chi connectivity index (χ0) is 10.5. The molecule has 0 fully saturated rings. The fourth-order valence-corrected chi connectivity index (χ4v) is 2.39. The number of benzene rings is 1. The zero-order valence-corrected chi connectivity index (χ0v) is 9.35. The van der Waals surface area contributed by atoms with Crippen molar-refractivity contribution in [3.63, 3.8) is 0 Å². The molecular formula is C10H8N2OS2. The van der Waals surface area contributed by atoms with Crippen LogP contribution in [0, 0.1) is 0 Å². The largest absolute Gasteiger partial charge is 0.317 e. The van der Waals surface area contributed by atoms with E-state index in [1.807, 2.05) is 35.7 Å². The van der Waals surface area contributed by atoms with E-state index < -0.39 is 0 Å². The molecule has 1 heterocycles. The van der Waals surface area contributed by atoms with E-state index in [1.54, 1.807) is 6.20 Å². The molecule has 0 unspecified atom stereocenters. The number of nitrogens with zero attached hydrogens (tertiary/aromatic N) is 1. The molecule has 0 aliphatic heterocycles. The number of para-hydroxylation sites is 1. The number of carbonyl (C=O) groups excluding carboxylic acids is 1. The number of nitrogens with one attached hydrogen (secondary N) is 1. The van der Waals surface area contributed by atoms with Gasteiger partial charge in [0.15, 0.2) is 4.34 Å². The first-order valence-corrected chi connectivity index (χ1v) is 5.97. The quantitative estimate of drug-likeness (QED) is 0.812. The average Bonchev–Trinajstić information content (AvgIpc) is 2.71. The van der Waals surface area contributed by atoms with Crippen molar-refractivity contribution in [2.24, 2.45) is 0 Å². The normalized spacial score (nSPS) is 9.87. The Bertz CT molecular complexity index is 428. The number of thioether (sulfide) groups is 1. The first-order valence-electron chi connectivity index (χ1n) is 4.28. The second-order valence-corrected chi connectivity index (χ2v) is 4.79. The van der Waals surface area contributed by atoms with Crippen LogP contribution in [0.1, 0.15) is 0 Å². The van der Waals surface area contributed by atoms with Gasteiger partial charge in [-0.3, -0.25) is 4.79 Å². The lowest BCUT2D eigenvalue weighted by molar-refractivity contribution is 0.270. The van der Waals surface area contributed by atoms with Crippen LogP contribution in [0.5, 0.6) is 0 Å². The summed E-state index contributed by atoms with van der Waals surface area (Å²) in [6.45, 7) is 0. The monoisotopic (exact) mass is 236 g/mol. The van der Waals surface area contributed by atoms with Gasteiger partial charge in [0.2, 0.25) is 0 Å². The van der Waals surface area contributed by atoms with E-state index in [1.165, 1.54) is 11.3 Å². The topological polar surface area (TPSA) is 42.0 Å². The van der Waals surface area contributed by atoms with Crippen molar-refractivity contribution in [1.82, 2.24) is 4.98 Å². The van der Waals surface area contributed by atoms with Crippen molar-refractivity contribution in [1.29, 1.82) is 0 Å². The molecule has 0 saturated heterocycles. The minimum Gasteiger partial charge on any atom is -0.317 e. The molecule has 0 bridgehead atoms. The molecule has 0 aliphatic rings. The molecule has 2 rings (SSSR count). The molecule has 1 amide bonds. The van der Waals surface area contributed by atoms with Crippen LogP contribution >= 0.6 is 23.1 Å². The maximum atomic E-state index is 11.5. The van der Waals surface area contributed by atoms with Crippen LogP contribution in [0.15, 0.2) is 46.2 Å². The van der Waals surface area contributed by atoms with Gasteiger partial charge in [-0.1, -0.05) is 18.2 Å². The summed E-state index contributed by atoms with van der Waals surface area (Å²) in [7, 11) is 0. The Labute approximate surface area is 95.5 Å². The smallest absolute Gasteiger partial charge is 0.290 e. The molecule has 5 heteroatoms. The Morgan fingerprint density at radius 1 is 1.33 bits per heavy atom. The summed E-state index contributed by atoms with van der Waals surface area (Å²) in [5.74, 6) is 0. The summed E-state index contributed by atoms with van der Waals surface area (Å²) >= 11 is 2.56. The predicted octanol–water partition coefficient (Wildman–Crippen LogP) is 3.47. The van der Waals surface area contributed by atoms with Gasteiger partial charge in [-0.2, -0.15) is 0 Å². The standard InChI is InChI=1S/C10H8N2OS2/c13-9(15-10-11-6-7-14-10)12-8-4-2-1-3-5-8/h1-7H,(H,12,13). The molecule has 0 radical (unpaired) electrons. The summed E-state index contributed by atoms with van der Waals surface area (Å²) in [5, 5.41) is 4.50. The highest BCUT2D eigenvalue weighted by atomic mass is 32.2. The Hall–Kier alpha value is -1.33. The predicted molar refractivity (Wildman–Crippen MR) is 63.4 cm³/mol. The minimum atomic E-state index is -0.115. The summed E-state index contributed by atoms with van der Waals surface area (Å²) in [6, 6.07) is 9.36. The first-order chi connectivity index (χ1) is 7.34. The lowest BCUT2D eigenvalue weighted by Crippen LogP contribution is -2.03.